The van der Waals surface area contributed by atoms with Gasteiger partial charge in [0.25, 0.3) is 11.5 Å². The van der Waals surface area contributed by atoms with Crippen LogP contribution in [-0.2, 0) is 0 Å². The zero-order valence-electron chi connectivity index (χ0n) is 16.6. The van der Waals surface area contributed by atoms with Crippen molar-refractivity contribution in [3.63, 3.8) is 0 Å². The lowest BCUT2D eigenvalue weighted by Gasteiger charge is -2.19. The number of halogens is 2. The number of carbonyl (C=O) groups is 1. The highest BCUT2D eigenvalue weighted by atomic mass is 35.5. The van der Waals surface area contributed by atoms with Crippen molar-refractivity contribution < 1.29 is 19.4 Å². The van der Waals surface area contributed by atoms with Crippen LogP contribution in [-0.4, -0.2) is 49.5 Å². The first-order valence-electron chi connectivity index (χ1n) is 9.34. The third-order valence-electron chi connectivity index (χ3n) is 4.79. The maximum absolute atomic E-state index is 13.8. The van der Waals surface area contributed by atoms with E-state index >= 15 is 0 Å². The number of aliphatic hydroxyl groups excluding tert-OH is 2. The Bertz CT molecular complexity index is 1160. The number of rotatable bonds is 6. The Labute approximate surface area is 176 Å². The average molecular weight is 437 g/mol. The Balaban J connectivity index is 2.14. The summed E-state index contributed by atoms with van der Waals surface area (Å²) in [5.41, 5.74) is 0.674. The number of nitrogens with one attached hydrogen (secondary N) is 2. The van der Waals surface area contributed by atoms with Crippen LogP contribution in [0.3, 0.4) is 0 Å². The highest BCUT2D eigenvalue weighted by Crippen LogP contribution is 2.26. The number of hydrogen-bond donors (Lipinski definition) is 4. The Kier molecular flexibility index (Phi) is 6.25. The molecule has 0 unspecified atom stereocenters. The van der Waals surface area contributed by atoms with E-state index in [9.17, 15) is 24.2 Å². The molecule has 8 nitrogen and oxygen atoms in total. The lowest BCUT2D eigenvalue weighted by molar-refractivity contribution is 0.0757. The van der Waals surface area contributed by atoms with Gasteiger partial charge in [0.2, 0.25) is 0 Å². The number of H-pyrrole nitrogens is 1. The summed E-state index contributed by atoms with van der Waals surface area (Å²) in [7, 11) is 0. The van der Waals surface area contributed by atoms with Crippen LogP contribution in [0.2, 0.25) is 5.02 Å². The van der Waals surface area contributed by atoms with Gasteiger partial charge in [0.05, 0.1) is 29.3 Å². The Morgan fingerprint density at radius 2 is 2.07 bits per heavy atom. The molecule has 0 saturated heterocycles. The maximum atomic E-state index is 13.8. The van der Waals surface area contributed by atoms with Crippen LogP contribution >= 0.6 is 11.6 Å². The zero-order chi connectivity index (χ0) is 22.2. The van der Waals surface area contributed by atoms with Crippen molar-refractivity contribution in [2.75, 3.05) is 6.61 Å². The highest BCUT2D eigenvalue weighted by Gasteiger charge is 2.25. The number of carbonyl (C=O) groups excluding carboxylic acids is 1. The summed E-state index contributed by atoms with van der Waals surface area (Å²) in [4.78, 5) is 28.3. The van der Waals surface area contributed by atoms with Gasteiger partial charge in [-0.2, -0.15) is 0 Å². The van der Waals surface area contributed by atoms with E-state index in [1.54, 1.807) is 0 Å². The second kappa shape index (κ2) is 8.55. The van der Waals surface area contributed by atoms with Gasteiger partial charge in [-0.25, -0.2) is 8.91 Å². The predicted molar refractivity (Wildman–Crippen MR) is 110 cm³/mol. The van der Waals surface area contributed by atoms with Crippen molar-refractivity contribution in [3.05, 3.63) is 56.7 Å². The molecule has 0 aliphatic heterocycles. The predicted octanol–water partition coefficient (Wildman–Crippen LogP) is 2.08. The fourth-order valence-electron chi connectivity index (χ4n) is 3.22. The van der Waals surface area contributed by atoms with Crippen LogP contribution in [0.1, 0.15) is 42.6 Å². The first kappa shape index (κ1) is 21.9. The number of amides is 1. The first-order valence-corrected chi connectivity index (χ1v) is 9.72. The lowest BCUT2D eigenvalue weighted by atomic mass is 9.99. The van der Waals surface area contributed by atoms with Gasteiger partial charge in [0.15, 0.2) is 5.82 Å². The molecule has 160 valence electrons. The van der Waals surface area contributed by atoms with Crippen molar-refractivity contribution in [1.82, 2.24) is 19.9 Å². The molecule has 2 aromatic heterocycles. The number of aromatic amines is 1. The smallest absolute Gasteiger partial charge is 0.275 e. The van der Waals surface area contributed by atoms with Crippen LogP contribution in [0.25, 0.3) is 16.9 Å². The molecule has 3 aromatic rings. The molecule has 3 rings (SSSR count). The highest BCUT2D eigenvalue weighted by molar-refractivity contribution is 6.30. The largest absolute Gasteiger partial charge is 0.394 e. The summed E-state index contributed by atoms with van der Waals surface area (Å²) >= 11 is 5.71. The first-order chi connectivity index (χ1) is 14.1. The SMILES string of the molecule is CC(C)c1c(C(=O)N[C@@H](CO)[C@H](C)O)cn2nc(-c3ccc(Cl)c(F)c3)[nH]c(=O)c12. The van der Waals surface area contributed by atoms with Crippen LogP contribution < -0.4 is 10.9 Å². The normalized spacial score (nSPS) is 13.6. The van der Waals surface area contributed by atoms with Crippen molar-refractivity contribution in [2.45, 2.75) is 38.8 Å². The molecule has 10 heteroatoms. The van der Waals surface area contributed by atoms with E-state index in [2.05, 4.69) is 15.4 Å². The van der Waals surface area contributed by atoms with Crippen LogP contribution in [0.5, 0.6) is 0 Å². The van der Waals surface area contributed by atoms with Crippen molar-refractivity contribution in [2.24, 2.45) is 0 Å². The van der Waals surface area contributed by atoms with Crippen molar-refractivity contribution in [3.8, 4) is 11.4 Å². The third-order valence-corrected chi connectivity index (χ3v) is 5.10. The van der Waals surface area contributed by atoms with E-state index in [0.29, 0.717) is 11.1 Å². The summed E-state index contributed by atoms with van der Waals surface area (Å²) < 4.78 is 15.1. The standard InChI is InChI=1S/C20H22ClFN4O4/c1-9(2)16-12(19(29)23-15(8-27)10(3)28)7-26-17(16)20(30)24-18(25-26)11-4-5-13(21)14(22)6-11/h4-7,9-10,15,27-28H,8H2,1-3H3,(H,23,29)(H,24,25,30)/t10-,15-/m0/s1. The Morgan fingerprint density at radius 3 is 2.63 bits per heavy atom. The van der Waals surface area contributed by atoms with Crippen LogP contribution in [0.15, 0.2) is 29.2 Å². The molecular formula is C20H22ClFN4O4. The molecule has 0 bridgehead atoms. The number of hydrogen-bond acceptors (Lipinski definition) is 5. The number of benzene rings is 1. The molecule has 0 saturated carbocycles. The van der Waals surface area contributed by atoms with Gasteiger partial charge in [0.1, 0.15) is 11.3 Å². The minimum atomic E-state index is -0.966. The molecular weight excluding hydrogens is 415 g/mol. The Morgan fingerprint density at radius 1 is 1.37 bits per heavy atom. The molecule has 4 N–H and O–H groups in total. The number of fused-ring (bicyclic) bond motifs is 1. The van der Waals surface area contributed by atoms with E-state index in [0.717, 1.165) is 6.07 Å². The van der Waals surface area contributed by atoms with Gasteiger partial charge >= 0.3 is 0 Å². The fourth-order valence-corrected chi connectivity index (χ4v) is 3.33. The average Bonchev–Trinajstić information content (AvgIpc) is 3.08. The van der Waals surface area contributed by atoms with E-state index in [-0.39, 0.29) is 27.8 Å². The van der Waals surface area contributed by atoms with Crippen molar-refractivity contribution >= 4 is 23.0 Å². The summed E-state index contributed by atoms with van der Waals surface area (Å²) in [6, 6.07) is 3.17. The van der Waals surface area contributed by atoms with E-state index in [4.69, 9.17) is 11.6 Å². The number of aliphatic hydroxyl groups is 2. The van der Waals surface area contributed by atoms with E-state index in [1.165, 1.54) is 29.8 Å². The second-order valence-corrected chi connectivity index (χ2v) is 7.75. The maximum Gasteiger partial charge on any atom is 0.275 e. The summed E-state index contributed by atoms with van der Waals surface area (Å²) in [5.74, 6) is -1.29. The van der Waals surface area contributed by atoms with Gasteiger partial charge in [0, 0.05) is 17.3 Å². The van der Waals surface area contributed by atoms with Gasteiger partial charge in [-0.3, -0.25) is 9.59 Å². The third kappa shape index (κ3) is 4.09. The van der Waals surface area contributed by atoms with Crippen LogP contribution in [0.4, 0.5) is 4.39 Å². The lowest BCUT2D eigenvalue weighted by Crippen LogP contribution is -2.44. The summed E-state index contributed by atoms with van der Waals surface area (Å²) in [6.07, 6.45) is 0.438. The fraction of sp³-hybridized carbons (Fsp3) is 0.350. The van der Waals surface area contributed by atoms with Gasteiger partial charge < -0.3 is 20.5 Å². The number of aromatic nitrogens is 3. The molecule has 2 atom stereocenters. The second-order valence-electron chi connectivity index (χ2n) is 7.34. The molecule has 0 aliphatic rings. The monoisotopic (exact) mass is 436 g/mol. The van der Waals surface area contributed by atoms with Crippen molar-refractivity contribution in [1.29, 1.82) is 0 Å². The minimum absolute atomic E-state index is 0.0549. The molecule has 0 aliphatic carbocycles. The molecule has 30 heavy (non-hydrogen) atoms. The van der Waals surface area contributed by atoms with Gasteiger partial charge in [-0.15, -0.1) is 5.10 Å². The summed E-state index contributed by atoms with van der Waals surface area (Å²) in [6.45, 7) is 4.65. The molecule has 0 fully saturated rings. The zero-order valence-corrected chi connectivity index (χ0v) is 17.4. The van der Waals surface area contributed by atoms with Gasteiger partial charge in [-0.1, -0.05) is 25.4 Å². The molecule has 0 radical (unpaired) electrons. The van der Waals surface area contributed by atoms with Gasteiger partial charge in [-0.05, 0) is 31.0 Å². The topological polar surface area (TPSA) is 120 Å². The minimum Gasteiger partial charge on any atom is -0.394 e. The molecule has 2 heterocycles. The summed E-state index contributed by atoms with van der Waals surface area (Å²) in [5, 5.41) is 25.9. The quantitative estimate of drug-likeness (QED) is 0.471. The Hall–Kier alpha value is -2.75. The molecule has 1 amide bonds. The number of nitrogens with zero attached hydrogens (tertiary/aromatic N) is 2. The van der Waals surface area contributed by atoms with E-state index in [1.807, 2.05) is 13.8 Å². The van der Waals surface area contributed by atoms with E-state index < -0.39 is 36.0 Å². The van der Waals surface area contributed by atoms with Crippen LogP contribution in [0, 0.1) is 5.82 Å². The molecule has 0 spiro atoms. The molecule has 1 aromatic carbocycles.